The Morgan fingerprint density at radius 2 is 1.97 bits per heavy atom. The van der Waals surface area contributed by atoms with Gasteiger partial charge >= 0.3 is 10.1 Å². The Bertz CT molecular complexity index is 1040. The van der Waals surface area contributed by atoms with E-state index in [9.17, 15) is 13.2 Å². The van der Waals surface area contributed by atoms with Crippen LogP contribution in [-0.2, 0) is 23.2 Å². The van der Waals surface area contributed by atoms with Crippen LogP contribution in [0.2, 0.25) is 0 Å². The molecule has 0 unspecified atom stereocenters. The first kappa shape index (κ1) is 20.9. The first-order chi connectivity index (χ1) is 13.9. The minimum Gasteiger partial charge on any atom is -0.493 e. The molecule has 0 spiro atoms. The van der Waals surface area contributed by atoms with Crippen molar-refractivity contribution in [1.29, 1.82) is 0 Å². The number of carbonyl (C=O) groups excluding carboxylic acids is 1. The number of carbonyl (C=O) groups is 1. The Balaban J connectivity index is 1.89. The molecule has 0 bridgehead atoms. The van der Waals surface area contributed by atoms with Crippen LogP contribution in [0.15, 0.2) is 58.5 Å². The van der Waals surface area contributed by atoms with Crippen molar-refractivity contribution in [2.45, 2.75) is 20.0 Å². The summed E-state index contributed by atoms with van der Waals surface area (Å²) in [7, 11) is -2.28. The Labute approximate surface area is 173 Å². The summed E-state index contributed by atoms with van der Waals surface area (Å²) in [5, 5.41) is 1.84. The number of ether oxygens (including phenoxy) is 1. The number of hydrogen-bond donors (Lipinski definition) is 0. The fraction of sp³-hybridized carbons (Fsp3) is 0.250. The van der Waals surface area contributed by atoms with Gasteiger partial charge in [-0.05, 0) is 48.2 Å². The summed E-state index contributed by atoms with van der Waals surface area (Å²) in [6.07, 6.45) is 1.55. The maximum absolute atomic E-state index is 13.0. The molecule has 0 atom stereocenters. The predicted octanol–water partition coefficient (Wildman–Crippen LogP) is 3.92. The van der Waals surface area contributed by atoms with E-state index in [1.807, 2.05) is 11.4 Å². The molecule has 2 aromatic heterocycles. The zero-order valence-corrected chi connectivity index (χ0v) is 17.7. The van der Waals surface area contributed by atoms with Crippen LogP contribution in [0.4, 0.5) is 0 Å². The standard InChI is InChI=1S/C20H21NO6S2/c1-3-29(23,24)27-18-12-15(8-9-17(18)25-2)13-21(14-16-6-4-10-26-16)20(22)19-7-5-11-28-19/h4-12H,3,13-14H2,1-2H3. The second-order valence-electron chi connectivity index (χ2n) is 6.13. The predicted molar refractivity (Wildman–Crippen MR) is 110 cm³/mol. The fourth-order valence-electron chi connectivity index (χ4n) is 2.65. The van der Waals surface area contributed by atoms with Crippen molar-refractivity contribution in [3.8, 4) is 11.5 Å². The molecule has 154 valence electrons. The minimum atomic E-state index is -3.72. The second kappa shape index (κ2) is 9.15. The lowest BCUT2D eigenvalue weighted by Gasteiger charge is -2.22. The molecule has 1 amide bonds. The molecule has 3 rings (SSSR count). The smallest absolute Gasteiger partial charge is 0.309 e. The molecule has 9 heteroatoms. The van der Waals surface area contributed by atoms with Gasteiger partial charge in [0.05, 0.1) is 30.5 Å². The van der Waals surface area contributed by atoms with Crippen LogP contribution in [0, 0.1) is 0 Å². The van der Waals surface area contributed by atoms with Gasteiger partial charge in [0, 0.05) is 6.54 Å². The van der Waals surface area contributed by atoms with Crippen LogP contribution in [0.25, 0.3) is 0 Å². The van der Waals surface area contributed by atoms with Crippen molar-refractivity contribution >= 4 is 27.4 Å². The number of hydrogen-bond acceptors (Lipinski definition) is 7. The topological polar surface area (TPSA) is 86.1 Å². The lowest BCUT2D eigenvalue weighted by molar-refractivity contribution is 0.0722. The van der Waals surface area contributed by atoms with Crippen LogP contribution >= 0.6 is 11.3 Å². The largest absolute Gasteiger partial charge is 0.493 e. The van der Waals surface area contributed by atoms with Crippen LogP contribution in [0.5, 0.6) is 11.5 Å². The highest BCUT2D eigenvalue weighted by Gasteiger charge is 2.20. The molecule has 0 saturated heterocycles. The second-order valence-corrected chi connectivity index (χ2v) is 8.94. The first-order valence-corrected chi connectivity index (χ1v) is 11.3. The van der Waals surface area contributed by atoms with Crippen LogP contribution < -0.4 is 8.92 Å². The minimum absolute atomic E-state index is 0.0911. The summed E-state index contributed by atoms with van der Waals surface area (Å²) < 4.78 is 39.5. The SMILES string of the molecule is CCS(=O)(=O)Oc1cc(CN(Cc2ccco2)C(=O)c2cccs2)ccc1OC. The Morgan fingerprint density at radius 1 is 1.14 bits per heavy atom. The Kier molecular flexibility index (Phi) is 6.60. The van der Waals surface area contributed by atoms with E-state index in [2.05, 4.69) is 0 Å². The van der Waals surface area contributed by atoms with Crippen molar-refractivity contribution in [2.75, 3.05) is 12.9 Å². The van der Waals surface area contributed by atoms with Gasteiger partial charge in [-0.2, -0.15) is 8.42 Å². The number of furan rings is 1. The molecular weight excluding hydrogens is 414 g/mol. The molecule has 7 nitrogen and oxygen atoms in total. The number of methoxy groups -OCH3 is 1. The molecule has 1 aromatic carbocycles. The fourth-order valence-corrected chi connectivity index (χ4v) is 3.86. The Hall–Kier alpha value is -2.78. The summed E-state index contributed by atoms with van der Waals surface area (Å²) >= 11 is 1.36. The van der Waals surface area contributed by atoms with Gasteiger partial charge in [0.15, 0.2) is 11.5 Å². The molecule has 0 aliphatic rings. The summed E-state index contributed by atoms with van der Waals surface area (Å²) in [4.78, 5) is 15.2. The maximum Gasteiger partial charge on any atom is 0.309 e. The van der Waals surface area contributed by atoms with Gasteiger partial charge in [-0.3, -0.25) is 4.79 Å². The number of thiophene rings is 1. The van der Waals surface area contributed by atoms with Crippen LogP contribution in [0.1, 0.15) is 27.9 Å². The zero-order valence-electron chi connectivity index (χ0n) is 16.0. The highest BCUT2D eigenvalue weighted by atomic mass is 32.2. The van der Waals surface area contributed by atoms with Crippen molar-refractivity contribution in [3.05, 3.63) is 70.3 Å². The van der Waals surface area contributed by atoms with Crippen molar-refractivity contribution < 1.29 is 26.5 Å². The molecule has 0 saturated carbocycles. The van der Waals surface area contributed by atoms with E-state index in [0.29, 0.717) is 22.0 Å². The Morgan fingerprint density at radius 3 is 2.59 bits per heavy atom. The maximum atomic E-state index is 13.0. The molecular formula is C20H21NO6S2. The summed E-state index contributed by atoms with van der Waals surface area (Å²) in [6.45, 7) is 2.01. The van der Waals surface area contributed by atoms with Crippen molar-refractivity contribution in [1.82, 2.24) is 4.90 Å². The van der Waals surface area contributed by atoms with Gasteiger partial charge < -0.3 is 18.2 Å². The molecule has 0 aliphatic heterocycles. The van der Waals surface area contributed by atoms with Crippen LogP contribution in [-0.4, -0.2) is 32.1 Å². The lowest BCUT2D eigenvalue weighted by Crippen LogP contribution is -2.29. The number of amides is 1. The summed E-state index contributed by atoms with van der Waals surface area (Å²) in [6, 6.07) is 12.1. The van der Waals surface area contributed by atoms with Crippen molar-refractivity contribution in [2.24, 2.45) is 0 Å². The average molecular weight is 436 g/mol. The quantitative estimate of drug-likeness (QED) is 0.474. The van der Waals surface area contributed by atoms with Gasteiger partial charge in [0.25, 0.3) is 5.91 Å². The van der Waals surface area contributed by atoms with E-state index in [4.69, 9.17) is 13.3 Å². The third kappa shape index (κ3) is 5.39. The van der Waals surface area contributed by atoms with Crippen molar-refractivity contribution in [3.63, 3.8) is 0 Å². The van der Waals surface area contributed by atoms with E-state index in [1.54, 1.807) is 47.6 Å². The van der Waals surface area contributed by atoms with E-state index < -0.39 is 10.1 Å². The summed E-state index contributed by atoms with van der Waals surface area (Å²) in [5.74, 6) is 0.729. The third-order valence-corrected chi connectivity index (χ3v) is 6.12. The molecule has 2 heterocycles. The monoisotopic (exact) mass is 435 g/mol. The highest BCUT2D eigenvalue weighted by Crippen LogP contribution is 2.30. The van der Waals surface area contributed by atoms with E-state index in [0.717, 1.165) is 0 Å². The van der Waals surface area contributed by atoms with Crippen LogP contribution in [0.3, 0.4) is 0 Å². The number of rotatable bonds is 9. The lowest BCUT2D eigenvalue weighted by atomic mass is 10.1. The van der Waals surface area contributed by atoms with E-state index >= 15 is 0 Å². The molecule has 0 fully saturated rings. The normalized spacial score (nSPS) is 11.2. The van der Waals surface area contributed by atoms with E-state index in [-0.39, 0.29) is 30.5 Å². The zero-order chi connectivity index (χ0) is 20.9. The molecule has 0 N–H and O–H groups in total. The first-order valence-electron chi connectivity index (χ1n) is 8.86. The molecule has 0 radical (unpaired) electrons. The third-order valence-electron chi connectivity index (χ3n) is 4.12. The van der Waals surface area contributed by atoms with Gasteiger partial charge in [0.1, 0.15) is 5.76 Å². The van der Waals surface area contributed by atoms with Gasteiger partial charge in [-0.15, -0.1) is 11.3 Å². The number of nitrogens with zero attached hydrogens (tertiary/aromatic N) is 1. The highest BCUT2D eigenvalue weighted by molar-refractivity contribution is 7.87. The van der Waals surface area contributed by atoms with E-state index in [1.165, 1.54) is 25.4 Å². The van der Waals surface area contributed by atoms with Gasteiger partial charge in [0.2, 0.25) is 0 Å². The molecule has 3 aromatic rings. The number of benzene rings is 1. The average Bonchev–Trinajstić information content (AvgIpc) is 3.41. The molecule has 29 heavy (non-hydrogen) atoms. The van der Waals surface area contributed by atoms with Gasteiger partial charge in [-0.1, -0.05) is 12.1 Å². The summed E-state index contributed by atoms with van der Waals surface area (Å²) in [5.41, 5.74) is 0.698. The molecule has 0 aliphatic carbocycles. The van der Waals surface area contributed by atoms with Gasteiger partial charge in [-0.25, -0.2) is 0 Å².